The Morgan fingerprint density at radius 2 is 1.96 bits per heavy atom. The Morgan fingerprint density at radius 3 is 2.60 bits per heavy atom. The zero-order chi connectivity index (χ0) is 16.2. The average molecular weight is 409 g/mol. The maximum atomic E-state index is 12.3. The zero-order valence-corrected chi connectivity index (χ0v) is 17.6. The van der Waals surface area contributed by atoms with Crippen LogP contribution in [0.25, 0.3) is 0 Å². The lowest BCUT2D eigenvalue weighted by molar-refractivity contribution is -0.132. The molecular formula is C17H30Cl2N4OS. The molecule has 0 aliphatic carbocycles. The predicted molar refractivity (Wildman–Crippen MR) is 109 cm³/mol. The van der Waals surface area contributed by atoms with Crippen molar-refractivity contribution < 1.29 is 4.79 Å². The van der Waals surface area contributed by atoms with Gasteiger partial charge in [-0.05, 0) is 33.2 Å². The average Bonchev–Trinajstić information content (AvgIpc) is 2.93. The van der Waals surface area contributed by atoms with Crippen LogP contribution in [-0.4, -0.2) is 66.5 Å². The predicted octanol–water partition coefficient (Wildman–Crippen LogP) is 2.60. The van der Waals surface area contributed by atoms with Gasteiger partial charge >= 0.3 is 0 Å². The summed E-state index contributed by atoms with van der Waals surface area (Å²) in [7, 11) is 0. The number of carbonyl (C=O) groups excluding carboxylic acids is 1. The molecule has 2 aliphatic heterocycles. The molecule has 0 spiro atoms. The number of nitrogens with one attached hydrogen (secondary N) is 1. The molecule has 1 aromatic heterocycles. The summed E-state index contributed by atoms with van der Waals surface area (Å²) in [5.74, 6) is 0.866. The lowest BCUT2D eigenvalue weighted by atomic mass is 9.98. The second-order valence-electron chi connectivity index (χ2n) is 6.71. The number of likely N-dealkylation sites (tertiary alicyclic amines) is 1. The number of rotatable bonds is 4. The van der Waals surface area contributed by atoms with E-state index in [9.17, 15) is 4.79 Å². The first kappa shape index (κ1) is 22.6. The summed E-state index contributed by atoms with van der Waals surface area (Å²) in [6, 6.07) is 0. The van der Waals surface area contributed by atoms with Gasteiger partial charge in [0.2, 0.25) is 5.91 Å². The van der Waals surface area contributed by atoms with Crippen molar-refractivity contribution in [3.8, 4) is 0 Å². The Morgan fingerprint density at radius 1 is 1.24 bits per heavy atom. The minimum atomic E-state index is 0. The van der Waals surface area contributed by atoms with Crippen LogP contribution in [0.1, 0.15) is 40.8 Å². The fourth-order valence-electron chi connectivity index (χ4n) is 3.46. The summed E-state index contributed by atoms with van der Waals surface area (Å²) >= 11 is 1.85. The van der Waals surface area contributed by atoms with E-state index in [4.69, 9.17) is 4.98 Å². The van der Waals surface area contributed by atoms with Crippen LogP contribution in [0.4, 0.5) is 0 Å². The van der Waals surface area contributed by atoms with Gasteiger partial charge in [0.1, 0.15) is 0 Å². The van der Waals surface area contributed by atoms with Gasteiger partial charge in [-0.25, -0.2) is 4.98 Å². The number of halogens is 2. The van der Waals surface area contributed by atoms with E-state index in [2.05, 4.69) is 24.1 Å². The molecular weight excluding hydrogens is 379 g/mol. The van der Waals surface area contributed by atoms with Crippen molar-refractivity contribution in [2.24, 2.45) is 0 Å². The molecule has 3 rings (SSSR count). The lowest BCUT2D eigenvalue weighted by Crippen LogP contribution is -2.47. The molecule has 3 heterocycles. The molecule has 0 aromatic carbocycles. The normalized spacial score (nSPS) is 21.4. The molecule has 0 radical (unpaired) electrons. The molecule has 0 bridgehead atoms. The van der Waals surface area contributed by atoms with Crippen LogP contribution in [0, 0.1) is 13.8 Å². The summed E-state index contributed by atoms with van der Waals surface area (Å²) in [5.41, 5.74) is 1.18. The molecule has 1 N–H and O–H groups in total. The number of piperazine rings is 1. The number of hydrogen-bond donors (Lipinski definition) is 1. The highest BCUT2D eigenvalue weighted by molar-refractivity contribution is 7.11. The fourth-order valence-corrected chi connectivity index (χ4v) is 4.51. The molecule has 1 amide bonds. The van der Waals surface area contributed by atoms with Gasteiger partial charge in [0.05, 0.1) is 10.7 Å². The van der Waals surface area contributed by atoms with E-state index < -0.39 is 0 Å². The molecule has 1 unspecified atom stereocenters. The van der Waals surface area contributed by atoms with E-state index in [1.807, 2.05) is 16.2 Å². The maximum absolute atomic E-state index is 12.3. The Bertz CT molecular complexity index is 529. The highest BCUT2D eigenvalue weighted by atomic mass is 35.5. The van der Waals surface area contributed by atoms with Crippen molar-refractivity contribution in [3.63, 3.8) is 0 Å². The largest absolute Gasteiger partial charge is 0.340 e. The molecule has 144 valence electrons. The third-order valence-electron chi connectivity index (χ3n) is 5.01. The van der Waals surface area contributed by atoms with E-state index in [1.54, 1.807) is 0 Å². The summed E-state index contributed by atoms with van der Waals surface area (Å²) in [6.07, 6.45) is 3.10. The first-order valence-electron chi connectivity index (χ1n) is 8.78. The third kappa shape index (κ3) is 6.07. The molecule has 0 saturated carbocycles. The Balaban J connectivity index is 0.00000156. The van der Waals surface area contributed by atoms with E-state index >= 15 is 0 Å². The van der Waals surface area contributed by atoms with Gasteiger partial charge in [0.15, 0.2) is 0 Å². The van der Waals surface area contributed by atoms with Crippen molar-refractivity contribution in [3.05, 3.63) is 15.6 Å². The minimum absolute atomic E-state index is 0. The van der Waals surface area contributed by atoms with Crippen LogP contribution in [0.5, 0.6) is 0 Å². The number of aromatic nitrogens is 1. The standard InChI is InChI=1S/C17H28N4OS.2ClH/c1-13-14(2)23-17(19-13)15-4-3-8-20(12-15)9-5-16(22)21-10-6-18-7-11-21;;/h15,18H,3-12H2,1-2H3;2*1H. The third-order valence-corrected chi connectivity index (χ3v) is 6.25. The Labute approximate surface area is 167 Å². The molecule has 8 heteroatoms. The van der Waals surface area contributed by atoms with E-state index in [0.29, 0.717) is 18.2 Å². The van der Waals surface area contributed by atoms with Gasteiger partial charge in [-0.1, -0.05) is 0 Å². The number of amides is 1. The van der Waals surface area contributed by atoms with Crippen LogP contribution in [0.2, 0.25) is 0 Å². The lowest BCUT2D eigenvalue weighted by Gasteiger charge is -2.33. The number of aryl methyl sites for hydroxylation is 2. The van der Waals surface area contributed by atoms with Crippen LogP contribution in [0.3, 0.4) is 0 Å². The van der Waals surface area contributed by atoms with Gasteiger partial charge in [-0.2, -0.15) is 0 Å². The number of nitrogens with zero attached hydrogens (tertiary/aromatic N) is 3. The van der Waals surface area contributed by atoms with Gasteiger partial charge in [-0.3, -0.25) is 4.79 Å². The van der Waals surface area contributed by atoms with Crippen molar-refractivity contribution in [1.82, 2.24) is 20.1 Å². The van der Waals surface area contributed by atoms with E-state index in [-0.39, 0.29) is 24.8 Å². The van der Waals surface area contributed by atoms with Gasteiger partial charge < -0.3 is 15.1 Å². The van der Waals surface area contributed by atoms with Crippen LogP contribution < -0.4 is 5.32 Å². The number of carbonyl (C=O) groups is 1. The number of hydrogen-bond acceptors (Lipinski definition) is 5. The zero-order valence-electron chi connectivity index (χ0n) is 15.1. The number of thiazole rings is 1. The van der Waals surface area contributed by atoms with Crippen molar-refractivity contribution in [2.45, 2.75) is 39.0 Å². The SMILES string of the molecule is Cc1nc(C2CCCN(CCC(=O)N3CCNCC3)C2)sc1C.Cl.Cl. The topological polar surface area (TPSA) is 48.5 Å². The smallest absolute Gasteiger partial charge is 0.223 e. The summed E-state index contributed by atoms with van der Waals surface area (Å²) in [4.78, 5) is 22.9. The molecule has 5 nitrogen and oxygen atoms in total. The van der Waals surface area contributed by atoms with Crippen molar-refractivity contribution in [1.29, 1.82) is 0 Å². The fraction of sp³-hybridized carbons (Fsp3) is 0.765. The number of piperidine rings is 1. The maximum Gasteiger partial charge on any atom is 0.223 e. The molecule has 25 heavy (non-hydrogen) atoms. The second kappa shape index (κ2) is 10.7. The van der Waals surface area contributed by atoms with Gasteiger partial charge in [0.25, 0.3) is 0 Å². The first-order valence-corrected chi connectivity index (χ1v) is 9.60. The Hall–Kier alpha value is -0.400. The molecule has 2 saturated heterocycles. The molecule has 2 aliphatic rings. The van der Waals surface area contributed by atoms with Gasteiger partial charge in [-0.15, -0.1) is 36.2 Å². The summed E-state index contributed by atoms with van der Waals surface area (Å²) in [6.45, 7) is 10.9. The van der Waals surface area contributed by atoms with Crippen LogP contribution >= 0.6 is 36.2 Å². The Kier molecular flexibility index (Phi) is 9.67. The minimum Gasteiger partial charge on any atom is -0.340 e. The molecule has 1 aromatic rings. The second-order valence-corrected chi connectivity index (χ2v) is 7.95. The van der Waals surface area contributed by atoms with E-state index in [1.165, 1.54) is 28.4 Å². The summed E-state index contributed by atoms with van der Waals surface area (Å²) < 4.78 is 0. The molecule has 1 atom stereocenters. The highest BCUT2D eigenvalue weighted by Gasteiger charge is 2.25. The first-order chi connectivity index (χ1) is 11.1. The van der Waals surface area contributed by atoms with Gasteiger partial charge in [0, 0.05) is 56.5 Å². The monoisotopic (exact) mass is 408 g/mol. The quantitative estimate of drug-likeness (QED) is 0.831. The van der Waals surface area contributed by atoms with E-state index in [0.717, 1.165) is 45.8 Å². The van der Waals surface area contributed by atoms with Crippen LogP contribution in [-0.2, 0) is 4.79 Å². The summed E-state index contributed by atoms with van der Waals surface area (Å²) in [5, 5.41) is 4.59. The molecule has 2 fully saturated rings. The van der Waals surface area contributed by atoms with Crippen LogP contribution in [0.15, 0.2) is 0 Å². The highest BCUT2D eigenvalue weighted by Crippen LogP contribution is 2.31. The van der Waals surface area contributed by atoms with Crippen molar-refractivity contribution >= 4 is 42.1 Å². The van der Waals surface area contributed by atoms with Crippen molar-refractivity contribution in [2.75, 3.05) is 45.8 Å².